The molecular weight excluding hydrogens is 603 g/mol. The monoisotopic (exact) mass is 655 g/mol. The van der Waals surface area contributed by atoms with E-state index in [0.29, 0.717) is 32.8 Å². The molecule has 5 nitrogen and oxygen atoms in total. The zero-order valence-corrected chi connectivity index (χ0v) is 30.5. The number of hydrogen-bond donors (Lipinski definition) is 2. The maximum Gasteiger partial charge on any atom is 0.261 e. The van der Waals surface area contributed by atoms with Gasteiger partial charge in [-0.2, -0.15) is 0 Å². The van der Waals surface area contributed by atoms with Crippen LogP contribution in [0.2, 0.25) is 10.1 Å². The molecule has 0 fully saturated rings. The first-order chi connectivity index (χ1) is 22.0. The lowest BCUT2D eigenvalue weighted by Gasteiger charge is -2.44. The first kappa shape index (κ1) is 36.0. The van der Waals surface area contributed by atoms with Gasteiger partial charge in [0.1, 0.15) is 0 Å². The fourth-order valence-corrected chi connectivity index (χ4v) is 15.9. The zero-order chi connectivity index (χ0) is 33.3. The van der Waals surface area contributed by atoms with Crippen molar-refractivity contribution in [3.05, 3.63) is 121 Å². The van der Waals surface area contributed by atoms with Crippen LogP contribution in [-0.2, 0) is 8.85 Å². The van der Waals surface area contributed by atoms with Crippen molar-refractivity contribution < 1.29 is 19.1 Å². The average Bonchev–Trinajstić information content (AvgIpc) is 3.05. The van der Waals surface area contributed by atoms with Crippen molar-refractivity contribution in [2.45, 2.75) is 57.7 Å². The Morgan fingerprint density at radius 2 is 0.826 bits per heavy atom. The molecule has 0 aliphatic heterocycles. The van der Waals surface area contributed by atoms with Crippen molar-refractivity contribution in [3.8, 4) is 0 Å². The Bertz CT molecular complexity index is 1260. The number of aliphatic hydroxyl groups excluding tert-OH is 2. The Labute approximate surface area is 279 Å². The Morgan fingerprint density at radius 1 is 0.543 bits per heavy atom. The molecule has 0 heterocycles. The van der Waals surface area contributed by atoms with E-state index in [1.165, 1.54) is 20.7 Å². The zero-order valence-electron chi connectivity index (χ0n) is 28.5. The highest BCUT2D eigenvalue weighted by atomic mass is 28.4. The first-order valence-corrected chi connectivity index (χ1v) is 20.3. The Kier molecular flexibility index (Phi) is 12.4. The molecule has 0 radical (unpaired) electrons. The maximum atomic E-state index is 10.6. The minimum atomic E-state index is -2.70. The van der Waals surface area contributed by atoms with Gasteiger partial charge in [-0.15, -0.1) is 0 Å². The highest BCUT2D eigenvalue weighted by molar-refractivity contribution is 7.00. The van der Waals surface area contributed by atoms with Crippen LogP contribution in [0.3, 0.4) is 0 Å². The van der Waals surface area contributed by atoms with E-state index in [-0.39, 0.29) is 16.7 Å². The molecule has 4 aromatic rings. The summed E-state index contributed by atoms with van der Waals surface area (Å²) in [5, 5.41) is 25.0. The van der Waals surface area contributed by atoms with E-state index >= 15 is 0 Å². The Morgan fingerprint density at radius 3 is 1.07 bits per heavy atom. The smallest absolute Gasteiger partial charge is 0.261 e. The SMILES string of the molecule is CC(C)(C)[Si](OCCN(CCO[Si](c1ccccc1)(c1ccccc1)C(C)(C)C)CC(O)CO)(c1ccccc1)c1ccccc1. The minimum Gasteiger partial charge on any atom is -0.406 e. The van der Waals surface area contributed by atoms with Crippen LogP contribution in [0.15, 0.2) is 121 Å². The molecule has 0 amide bonds. The second-order valence-electron chi connectivity index (χ2n) is 14.2. The number of hydrogen-bond acceptors (Lipinski definition) is 5. The van der Waals surface area contributed by atoms with Crippen molar-refractivity contribution in [3.63, 3.8) is 0 Å². The van der Waals surface area contributed by atoms with E-state index in [4.69, 9.17) is 8.85 Å². The van der Waals surface area contributed by atoms with Gasteiger partial charge in [0, 0.05) is 32.8 Å². The van der Waals surface area contributed by atoms with Gasteiger partial charge in [-0.1, -0.05) is 163 Å². The van der Waals surface area contributed by atoms with Crippen LogP contribution in [0.4, 0.5) is 0 Å². The van der Waals surface area contributed by atoms with E-state index in [2.05, 4.69) is 168 Å². The molecule has 1 atom stereocenters. The molecular formula is C39H53NO4Si2. The summed E-state index contributed by atoms with van der Waals surface area (Å²) in [6.07, 6.45) is -0.847. The number of benzene rings is 4. The molecule has 0 aromatic heterocycles. The summed E-state index contributed by atoms with van der Waals surface area (Å²) < 4.78 is 14.3. The summed E-state index contributed by atoms with van der Waals surface area (Å²) in [6.45, 7) is 15.9. The van der Waals surface area contributed by atoms with Gasteiger partial charge in [0.2, 0.25) is 0 Å². The molecule has 2 N–H and O–H groups in total. The van der Waals surface area contributed by atoms with E-state index in [9.17, 15) is 10.2 Å². The van der Waals surface area contributed by atoms with Crippen molar-refractivity contribution in [1.29, 1.82) is 0 Å². The summed E-state index contributed by atoms with van der Waals surface area (Å²) >= 11 is 0. The van der Waals surface area contributed by atoms with Crippen LogP contribution in [-0.4, -0.2) is 77.3 Å². The summed E-state index contributed by atoms with van der Waals surface area (Å²) in [5.74, 6) is 0. The lowest BCUT2D eigenvalue weighted by molar-refractivity contribution is 0.0494. The normalized spacial score (nSPS) is 13.6. The van der Waals surface area contributed by atoms with Gasteiger partial charge in [-0.3, -0.25) is 4.90 Å². The van der Waals surface area contributed by atoms with Crippen LogP contribution < -0.4 is 20.7 Å². The van der Waals surface area contributed by atoms with Crippen molar-refractivity contribution in [2.24, 2.45) is 0 Å². The second-order valence-corrected chi connectivity index (χ2v) is 22.8. The number of aliphatic hydroxyl groups is 2. The van der Waals surface area contributed by atoms with Gasteiger partial charge < -0.3 is 19.1 Å². The molecule has 46 heavy (non-hydrogen) atoms. The summed E-state index contributed by atoms with van der Waals surface area (Å²) in [4.78, 5) is 2.18. The Hall–Kier alpha value is -2.89. The molecule has 0 saturated heterocycles. The minimum absolute atomic E-state index is 0.127. The third kappa shape index (κ3) is 7.97. The van der Waals surface area contributed by atoms with Gasteiger partial charge in [0.15, 0.2) is 0 Å². The quantitative estimate of drug-likeness (QED) is 0.180. The topological polar surface area (TPSA) is 62.2 Å². The largest absolute Gasteiger partial charge is 0.406 e. The van der Waals surface area contributed by atoms with E-state index < -0.39 is 22.7 Å². The third-order valence-electron chi connectivity index (χ3n) is 8.97. The maximum absolute atomic E-state index is 10.6. The van der Waals surface area contributed by atoms with E-state index in [1.54, 1.807) is 0 Å². The van der Waals surface area contributed by atoms with Gasteiger partial charge in [0.05, 0.1) is 12.7 Å². The molecule has 0 spiro atoms. The predicted molar refractivity (Wildman–Crippen MR) is 197 cm³/mol. The highest BCUT2D eigenvalue weighted by Gasteiger charge is 2.51. The summed E-state index contributed by atoms with van der Waals surface area (Å²) in [7, 11) is -5.40. The van der Waals surface area contributed by atoms with Crippen LogP contribution in [0.1, 0.15) is 41.5 Å². The third-order valence-corrected chi connectivity index (χ3v) is 19.1. The average molecular weight is 656 g/mol. The molecule has 0 bridgehead atoms. The lowest BCUT2D eigenvalue weighted by atomic mass is 10.2. The van der Waals surface area contributed by atoms with Gasteiger partial charge in [-0.05, 0) is 30.8 Å². The Balaban J connectivity index is 1.60. The number of nitrogens with zero attached hydrogens (tertiary/aromatic N) is 1. The number of rotatable bonds is 15. The van der Waals surface area contributed by atoms with Crippen molar-refractivity contribution >= 4 is 37.4 Å². The predicted octanol–water partition coefficient (Wildman–Crippen LogP) is 4.79. The molecule has 0 saturated carbocycles. The molecule has 4 aromatic carbocycles. The fourth-order valence-electron chi connectivity index (χ4n) is 6.83. The molecule has 1 unspecified atom stereocenters. The molecule has 0 aliphatic rings. The fraction of sp³-hybridized carbons (Fsp3) is 0.385. The molecule has 246 valence electrons. The highest BCUT2D eigenvalue weighted by Crippen LogP contribution is 2.38. The summed E-state index contributed by atoms with van der Waals surface area (Å²) in [6, 6.07) is 42.6. The van der Waals surface area contributed by atoms with Crippen LogP contribution >= 0.6 is 0 Å². The van der Waals surface area contributed by atoms with Crippen molar-refractivity contribution in [1.82, 2.24) is 4.90 Å². The van der Waals surface area contributed by atoms with Crippen molar-refractivity contribution in [2.75, 3.05) is 39.5 Å². The van der Waals surface area contributed by atoms with Crippen LogP contribution in [0, 0.1) is 0 Å². The second kappa shape index (κ2) is 15.8. The van der Waals surface area contributed by atoms with Crippen LogP contribution in [0.25, 0.3) is 0 Å². The lowest BCUT2D eigenvalue weighted by Crippen LogP contribution is -2.67. The van der Waals surface area contributed by atoms with Gasteiger partial charge >= 0.3 is 0 Å². The molecule has 4 rings (SSSR count). The van der Waals surface area contributed by atoms with E-state index in [1.807, 2.05) is 0 Å². The van der Waals surface area contributed by atoms with Gasteiger partial charge in [0.25, 0.3) is 16.6 Å². The standard InChI is InChI=1S/C39H53NO4Si2/c1-38(2,3)45(34-19-11-7-12-20-34,35-21-13-8-14-22-35)43-29-27-40(31-33(42)32-41)28-30-44-46(39(4,5)6,36-23-15-9-16-24-36)37-25-17-10-18-26-37/h7-26,33,41-42H,27-32H2,1-6H3. The summed E-state index contributed by atoms with van der Waals surface area (Å²) in [5.41, 5.74) is 0. The molecule has 0 aliphatic carbocycles. The molecule has 7 heteroatoms. The first-order valence-electron chi connectivity index (χ1n) is 16.5. The van der Waals surface area contributed by atoms with E-state index in [0.717, 1.165) is 0 Å². The van der Waals surface area contributed by atoms with Crippen LogP contribution in [0.5, 0.6) is 0 Å². The van der Waals surface area contributed by atoms with Gasteiger partial charge in [-0.25, -0.2) is 0 Å².